The molecular weight excluding hydrogens is 477 g/mol. The highest BCUT2D eigenvalue weighted by molar-refractivity contribution is 6.83. The molecule has 0 nitrogen and oxygen atoms in total. The summed E-state index contributed by atoms with van der Waals surface area (Å²) in [5.41, 5.74) is 11.4. The zero-order chi connectivity index (χ0) is 26.2. The van der Waals surface area contributed by atoms with Crippen LogP contribution in [0.15, 0.2) is 60.2 Å². The molecule has 2 heteroatoms. The van der Waals surface area contributed by atoms with E-state index in [9.17, 15) is 0 Å². The minimum atomic E-state index is -1.90. The van der Waals surface area contributed by atoms with E-state index in [0.29, 0.717) is 16.5 Å². The second-order valence-corrected chi connectivity index (χ2v) is 21.7. The Labute approximate surface area is 230 Å². The maximum Gasteiger partial charge on any atom is 0.0753 e. The lowest BCUT2D eigenvalue weighted by atomic mass is 9.84. The Bertz CT molecular complexity index is 1160. The summed E-state index contributed by atoms with van der Waals surface area (Å²) in [6.07, 6.45) is 15.2. The quantitative estimate of drug-likeness (QED) is 0.301. The molecule has 5 rings (SSSR count). The van der Waals surface area contributed by atoms with E-state index in [1.165, 1.54) is 62.6 Å². The van der Waals surface area contributed by atoms with E-state index >= 15 is 0 Å². The van der Waals surface area contributed by atoms with E-state index in [2.05, 4.69) is 101 Å². The summed E-state index contributed by atoms with van der Waals surface area (Å²) < 4.78 is 0. The summed E-state index contributed by atoms with van der Waals surface area (Å²) in [7, 11) is -2.14. The van der Waals surface area contributed by atoms with Crippen LogP contribution >= 0.6 is 0 Å². The second kappa shape index (κ2) is 10.8. The van der Waals surface area contributed by atoms with Crippen molar-refractivity contribution in [2.24, 2.45) is 11.3 Å². The summed E-state index contributed by atoms with van der Waals surface area (Å²) in [5, 5.41) is 0. The first-order chi connectivity index (χ1) is 17.7. The molecule has 0 spiro atoms. The standard InChI is InChI=1S/C35H49Si2/c1-35(2,3)25-37(6,34-28(20-21-36(4)5)23-27-16-10-11-18-31(27)34)33-24-29(22-26-14-8-7-9-15-26)30-17-12-13-19-32(30)33/h10-13,16-19,23-24,26,33-34H,7-9,14-15,20-22,25H2,1-6H3. The van der Waals surface area contributed by atoms with E-state index in [-0.39, 0.29) is 8.80 Å². The smallest absolute Gasteiger partial charge is 0.0753 e. The van der Waals surface area contributed by atoms with Gasteiger partial charge in [-0.2, -0.15) is 0 Å². The highest BCUT2D eigenvalue weighted by Gasteiger charge is 2.51. The minimum Gasteiger partial charge on any atom is -0.0758 e. The number of hydrogen-bond donors (Lipinski definition) is 0. The molecule has 0 aliphatic heterocycles. The molecule has 2 aromatic carbocycles. The van der Waals surface area contributed by atoms with Crippen LogP contribution < -0.4 is 0 Å². The van der Waals surface area contributed by atoms with E-state index in [4.69, 9.17) is 0 Å². The lowest BCUT2D eigenvalue weighted by Gasteiger charge is -2.45. The van der Waals surface area contributed by atoms with Gasteiger partial charge < -0.3 is 0 Å². The molecular formula is C35H49Si2. The summed E-state index contributed by atoms with van der Waals surface area (Å²) in [6.45, 7) is 15.3. The van der Waals surface area contributed by atoms with Crippen molar-refractivity contribution >= 4 is 28.5 Å². The Hall–Kier alpha value is -1.65. The van der Waals surface area contributed by atoms with E-state index in [0.717, 1.165) is 5.92 Å². The average molecular weight is 526 g/mol. The molecule has 37 heavy (non-hydrogen) atoms. The predicted octanol–water partition coefficient (Wildman–Crippen LogP) is 10.7. The van der Waals surface area contributed by atoms with Crippen LogP contribution in [0.3, 0.4) is 0 Å². The van der Waals surface area contributed by atoms with Crippen molar-refractivity contribution < 1.29 is 0 Å². The van der Waals surface area contributed by atoms with Gasteiger partial charge in [0.25, 0.3) is 0 Å². The van der Waals surface area contributed by atoms with Crippen molar-refractivity contribution in [1.82, 2.24) is 0 Å². The number of benzene rings is 2. The number of rotatable bonds is 8. The lowest BCUT2D eigenvalue weighted by molar-refractivity contribution is 0.365. The number of allylic oxidation sites excluding steroid dienone is 3. The van der Waals surface area contributed by atoms with Gasteiger partial charge in [-0.05, 0) is 57.5 Å². The number of hydrogen-bond acceptors (Lipinski definition) is 0. The monoisotopic (exact) mass is 525 g/mol. The average Bonchev–Trinajstić information content (AvgIpc) is 3.42. The fourth-order valence-corrected chi connectivity index (χ4v) is 15.6. The van der Waals surface area contributed by atoms with E-state index in [1.807, 2.05) is 0 Å². The summed E-state index contributed by atoms with van der Waals surface area (Å²) >= 11 is 0. The maximum absolute atomic E-state index is 2.82. The second-order valence-electron chi connectivity index (χ2n) is 14.2. The Morgan fingerprint density at radius 2 is 1.57 bits per heavy atom. The van der Waals surface area contributed by atoms with Crippen LogP contribution in [0.1, 0.15) is 99.1 Å². The molecule has 3 unspecified atom stereocenters. The molecule has 0 heterocycles. The highest BCUT2D eigenvalue weighted by atomic mass is 28.3. The normalized spacial score (nSPS) is 23.4. The lowest BCUT2D eigenvalue weighted by Crippen LogP contribution is -2.47. The van der Waals surface area contributed by atoms with Crippen LogP contribution in [0.5, 0.6) is 0 Å². The summed E-state index contributed by atoms with van der Waals surface area (Å²) in [6, 6.07) is 21.7. The first-order valence-corrected chi connectivity index (χ1v) is 20.6. The van der Waals surface area contributed by atoms with Gasteiger partial charge in [0.1, 0.15) is 0 Å². The highest BCUT2D eigenvalue weighted by Crippen LogP contribution is 2.56. The largest absolute Gasteiger partial charge is 0.0758 e. The van der Waals surface area contributed by atoms with Gasteiger partial charge in [0.15, 0.2) is 0 Å². The first kappa shape index (κ1) is 26.9. The van der Waals surface area contributed by atoms with E-state index < -0.39 is 8.07 Å². The van der Waals surface area contributed by atoms with Crippen molar-refractivity contribution in [3.8, 4) is 0 Å². The molecule has 1 radical (unpaired) electrons. The van der Waals surface area contributed by atoms with E-state index in [1.54, 1.807) is 27.8 Å². The molecule has 0 bridgehead atoms. The predicted molar refractivity (Wildman–Crippen MR) is 168 cm³/mol. The van der Waals surface area contributed by atoms with Gasteiger partial charge in [-0.1, -0.05) is 151 Å². The third-order valence-electron chi connectivity index (χ3n) is 9.46. The molecule has 1 saturated carbocycles. The van der Waals surface area contributed by atoms with Crippen LogP contribution in [0.2, 0.25) is 31.7 Å². The molecule has 197 valence electrons. The Balaban J connectivity index is 1.60. The van der Waals surface area contributed by atoms with Gasteiger partial charge in [0, 0.05) is 14.3 Å². The molecule has 1 fully saturated rings. The van der Waals surface area contributed by atoms with Crippen molar-refractivity contribution in [2.75, 3.05) is 0 Å². The minimum absolute atomic E-state index is 0.240. The fourth-order valence-electron chi connectivity index (χ4n) is 8.18. The van der Waals surface area contributed by atoms with Gasteiger partial charge >= 0.3 is 0 Å². The zero-order valence-electron chi connectivity index (χ0n) is 24.4. The molecule has 0 aromatic heterocycles. The summed E-state index contributed by atoms with van der Waals surface area (Å²) in [5.74, 6) is 0.889. The van der Waals surface area contributed by atoms with Crippen LogP contribution in [0.25, 0.3) is 11.6 Å². The number of fused-ring (bicyclic) bond motifs is 2. The van der Waals surface area contributed by atoms with Gasteiger partial charge in [0.05, 0.1) is 8.07 Å². The molecule has 3 aliphatic rings. The SMILES string of the molecule is C[Si](C)CCC1=Cc2ccccc2C1[Si](C)(CC(C)(C)C)C1C=C(CC2CCCCC2)c2ccccc21. The van der Waals surface area contributed by atoms with Gasteiger partial charge in [-0.25, -0.2) is 0 Å². The van der Waals surface area contributed by atoms with Crippen molar-refractivity contribution in [3.05, 3.63) is 82.4 Å². The first-order valence-electron chi connectivity index (χ1n) is 15.0. The van der Waals surface area contributed by atoms with Crippen molar-refractivity contribution in [3.63, 3.8) is 0 Å². The molecule has 3 aliphatic carbocycles. The Morgan fingerprint density at radius 1 is 0.892 bits per heavy atom. The van der Waals surface area contributed by atoms with Crippen LogP contribution in [-0.4, -0.2) is 16.9 Å². The van der Waals surface area contributed by atoms with Crippen LogP contribution in [0, 0.1) is 11.3 Å². The van der Waals surface area contributed by atoms with Crippen LogP contribution in [0.4, 0.5) is 0 Å². The fraction of sp³-hybridized carbons (Fsp3) is 0.543. The molecule has 0 saturated heterocycles. The molecule has 2 aromatic rings. The zero-order valence-corrected chi connectivity index (χ0v) is 26.4. The molecule has 0 N–H and O–H groups in total. The maximum atomic E-state index is 2.82. The molecule has 0 amide bonds. The van der Waals surface area contributed by atoms with Crippen molar-refractivity contribution in [1.29, 1.82) is 0 Å². The van der Waals surface area contributed by atoms with Crippen molar-refractivity contribution in [2.45, 2.75) is 109 Å². The van der Waals surface area contributed by atoms with Crippen LogP contribution in [-0.2, 0) is 0 Å². The Kier molecular flexibility index (Phi) is 7.90. The van der Waals surface area contributed by atoms with Gasteiger partial charge in [-0.3, -0.25) is 0 Å². The van der Waals surface area contributed by atoms with Gasteiger partial charge in [0.2, 0.25) is 0 Å². The topological polar surface area (TPSA) is 0 Å². The summed E-state index contributed by atoms with van der Waals surface area (Å²) in [4.78, 5) is 0. The third-order valence-corrected chi connectivity index (χ3v) is 16.4. The van der Waals surface area contributed by atoms with Gasteiger partial charge in [-0.15, -0.1) is 0 Å². The Morgan fingerprint density at radius 3 is 2.27 bits per heavy atom. The molecule has 3 atom stereocenters. The third kappa shape index (κ3) is 5.71.